The summed E-state index contributed by atoms with van der Waals surface area (Å²) in [5.41, 5.74) is 7.00. The standard InChI is InChI=1S/C13H15N5O3/c1-17-10(19)6-4-8(12(17)20)18-11-7(15-13(18)14)3-5-9(16-11)21-2/h3,5,8H,4,6H2,1-2H3,(H2,14,15). The number of nitrogen functional groups attached to an aromatic ring is 1. The Balaban J connectivity index is 2.13. The number of nitrogens with zero attached hydrogens (tertiary/aromatic N) is 4. The first-order valence-electron chi connectivity index (χ1n) is 6.51. The number of piperidine rings is 1. The molecule has 8 heteroatoms. The van der Waals surface area contributed by atoms with Crippen LogP contribution < -0.4 is 10.5 Å². The first-order chi connectivity index (χ1) is 10.0. The smallest absolute Gasteiger partial charge is 0.252 e. The van der Waals surface area contributed by atoms with Crippen molar-refractivity contribution in [1.29, 1.82) is 0 Å². The van der Waals surface area contributed by atoms with Crippen LogP contribution in [0.3, 0.4) is 0 Å². The number of ether oxygens (including phenoxy) is 1. The Morgan fingerprint density at radius 2 is 2.10 bits per heavy atom. The van der Waals surface area contributed by atoms with Crippen LogP contribution in [0.4, 0.5) is 5.95 Å². The molecule has 0 radical (unpaired) electrons. The van der Waals surface area contributed by atoms with Crippen LogP contribution in [0.15, 0.2) is 12.1 Å². The van der Waals surface area contributed by atoms with Crippen molar-refractivity contribution in [3.63, 3.8) is 0 Å². The van der Waals surface area contributed by atoms with Crippen molar-refractivity contribution in [3.8, 4) is 5.88 Å². The monoisotopic (exact) mass is 289 g/mol. The van der Waals surface area contributed by atoms with E-state index in [1.807, 2.05) is 0 Å². The Morgan fingerprint density at radius 3 is 2.81 bits per heavy atom. The SMILES string of the molecule is COc1ccc2nc(N)n(C3CCC(=O)N(C)C3=O)c2n1. The number of nitrogens with two attached hydrogens (primary N) is 1. The van der Waals surface area contributed by atoms with Gasteiger partial charge in [-0.15, -0.1) is 0 Å². The molecule has 2 amide bonds. The average molecular weight is 289 g/mol. The van der Waals surface area contributed by atoms with E-state index in [0.29, 0.717) is 23.5 Å². The molecule has 0 saturated carbocycles. The van der Waals surface area contributed by atoms with E-state index in [-0.39, 0.29) is 24.2 Å². The van der Waals surface area contributed by atoms with Gasteiger partial charge in [-0.1, -0.05) is 0 Å². The summed E-state index contributed by atoms with van der Waals surface area (Å²) in [6, 6.07) is 2.84. The molecular formula is C13H15N5O3. The Kier molecular flexibility index (Phi) is 3.00. The number of fused-ring (bicyclic) bond motifs is 1. The number of hydrogen-bond donors (Lipinski definition) is 1. The molecule has 3 rings (SSSR count). The number of imidazole rings is 1. The van der Waals surface area contributed by atoms with Crippen LogP contribution in [0.2, 0.25) is 0 Å². The quantitative estimate of drug-likeness (QED) is 0.800. The minimum absolute atomic E-state index is 0.190. The van der Waals surface area contributed by atoms with Gasteiger partial charge in [0.2, 0.25) is 17.7 Å². The molecule has 1 aliphatic rings. The number of likely N-dealkylation sites (tertiary alicyclic amines) is 1. The minimum Gasteiger partial charge on any atom is -0.481 e. The van der Waals surface area contributed by atoms with Crippen molar-refractivity contribution in [2.24, 2.45) is 0 Å². The molecule has 3 heterocycles. The van der Waals surface area contributed by atoms with Crippen LogP contribution >= 0.6 is 0 Å². The van der Waals surface area contributed by atoms with Gasteiger partial charge in [-0.2, -0.15) is 4.98 Å². The predicted octanol–water partition coefficient (Wildman–Crippen LogP) is 0.342. The Hall–Kier alpha value is -2.64. The molecule has 8 nitrogen and oxygen atoms in total. The maximum absolute atomic E-state index is 12.3. The van der Waals surface area contributed by atoms with Crippen molar-refractivity contribution >= 4 is 28.9 Å². The van der Waals surface area contributed by atoms with Crippen LogP contribution in [-0.2, 0) is 9.59 Å². The first kappa shape index (κ1) is 13.3. The van der Waals surface area contributed by atoms with Gasteiger partial charge in [0, 0.05) is 19.5 Å². The van der Waals surface area contributed by atoms with E-state index >= 15 is 0 Å². The van der Waals surface area contributed by atoms with Crippen LogP contribution in [0, 0.1) is 0 Å². The molecule has 0 spiro atoms. The molecule has 1 saturated heterocycles. The van der Waals surface area contributed by atoms with Gasteiger partial charge in [-0.05, 0) is 12.5 Å². The third kappa shape index (κ3) is 1.99. The maximum atomic E-state index is 12.3. The topological polar surface area (TPSA) is 103 Å². The lowest BCUT2D eigenvalue weighted by Crippen LogP contribution is -2.43. The van der Waals surface area contributed by atoms with Gasteiger partial charge in [0.1, 0.15) is 11.6 Å². The second-order valence-corrected chi connectivity index (χ2v) is 4.88. The normalized spacial score (nSPS) is 19.3. The lowest BCUT2D eigenvalue weighted by molar-refractivity contribution is -0.149. The van der Waals surface area contributed by atoms with Gasteiger partial charge in [0.25, 0.3) is 5.91 Å². The van der Waals surface area contributed by atoms with Crippen LogP contribution in [0.1, 0.15) is 18.9 Å². The maximum Gasteiger partial charge on any atom is 0.252 e. The Labute approximate surface area is 120 Å². The van der Waals surface area contributed by atoms with E-state index in [1.165, 1.54) is 14.2 Å². The van der Waals surface area contributed by atoms with E-state index < -0.39 is 6.04 Å². The summed E-state index contributed by atoms with van der Waals surface area (Å²) < 4.78 is 6.67. The molecule has 1 unspecified atom stereocenters. The van der Waals surface area contributed by atoms with Crippen molar-refractivity contribution in [3.05, 3.63) is 12.1 Å². The predicted molar refractivity (Wildman–Crippen MR) is 74.5 cm³/mol. The summed E-state index contributed by atoms with van der Waals surface area (Å²) in [5.74, 6) is 0.120. The van der Waals surface area contributed by atoms with Gasteiger partial charge in [-0.3, -0.25) is 19.1 Å². The highest BCUT2D eigenvalue weighted by atomic mass is 16.5. The number of aromatic nitrogens is 3. The molecule has 2 aromatic rings. The van der Waals surface area contributed by atoms with Crippen LogP contribution in [-0.4, -0.2) is 45.4 Å². The first-order valence-corrected chi connectivity index (χ1v) is 6.51. The fourth-order valence-corrected chi connectivity index (χ4v) is 2.53. The van der Waals surface area contributed by atoms with E-state index in [1.54, 1.807) is 16.7 Å². The van der Waals surface area contributed by atoms with Gasteiger partial charge >= 0.3 is 0 Å². The second kappa shape index (κ2) is 4.72. The van der Waals surface area contributed by atoms with Crippen LogP contribution in [0.25, 0.3) is 11.2 Å². The highest BCUT2D eigenvalue weighted by molar-refractivity contribution is 6.00. The van der Waals surface area contributed by atoms with E-state index in [9.17, 15) is 9.59 Å². The summed E-state index contributed by atoms with van der Waals surface area (Å²) in [6.07, 6.45) is 0.673. The molecular weight excluding hydrogens is 274 g/mol. The molecule has 1 atom stereocenters. The molecule has 21 heavy (non-hydrogen) atoms. The highest BCUT2D eigenvalue weighted by Gasteiger charge is 2.35. The number of pyridine rings is 1. The average Bonchev–Trinajstić information content (AvgIpc) is 2.80. The van der Waals surface area contributed by atoms with Gasteiger partial charge in [0.05, 0.1) is 7.11 Å². The number of hydrogen-bond acceptors (Lipinski definition) is 6. The van der Waals surface area contributed by atoms with E-state index in [0.717, 1.165) is 4.90 Å². The van der Waals surface area contributed by atoms with Crippen molar-refractivity contribution in [2.75, 3.05) is 19.9 Å². The number of carbonyl (C=O) groups is 2. The Morgan fingerprint density at radius 1 is 1.33 bits per heavy atom. The molecule has 1 fully saturated rings. The van der Waals surface area contributed by atoms with Crippen LogP contribution in [0.5, 0.6) is 5.88 Å². The van der Waals surface area contributed by atoms with Crippen molar-refractivity contribution in [2.45, 2.75) is 18.9 Å². The lowest BCUT2D eigenvalue weighted by Gasteiger charge is -2.28. The largest absolute Gasteiger partial charge is 0.481 e. The number of amides is 2. The molecule has 2 aromatic heterocycles. The zero-order valence-electron chi connectivity index (χ0n) is 11.7. The van der Waals surface area contributed by atoms with Gasteiger partial charge in [-0.25, -0.2) is 4.98 Å². The number of rotatable bonds is 2. The summed E-state index contributed by atoms with van der Waals surface area (Å²) in [5, 5.41) is 0. The molecule has 110 valence electrons. The zero-order valence-corrected chi connectivity index (χ0v) is 11.7. The van der Waals surface area contributed by atoms with Gasteiger partial charge in [0.15, 0.2) is 5.65 Å². The highest BCUT2D eigenvalue weighted by Crippen LogP contribution is 2.30. The molecule has 0 bridgehead atoms. The summed E-state index contributed by atoms with van der Waals surface area (Å²) in [6.45, 7) is 0. The number of carbonyl (C=O) groups excluding carboxylic acids is 2. The Bertz CT molecular complexity index is 739. The van der Waals surface area contributed by atoms with Crippen molar-refractivity contribution in [1.82, 2.24) is 19.4 Å². The fraction of sp³-hybridized carbons (Fsp3) is 0.385. The van der Waals surface area contributed by atoms with Crippen molar-refractivity contribution < 1.29 is 14.3 Å². The van der Waals surface area contributed by atoms with E-state index in [2.05, 4.69) is 9.97 Å². The molecule has 0 aliphatic carbocycles. The number of likely N-dealkylation sites (N-methyl/N-ethyl adjacent to an activating group) is 1. The number of methoxy groups -OCH3 is 1. The molecule has 2 N–H and O–H groups in total. The number of imide groups is 1. The third-order valence-corrected chi connectivity index (χ3v) is 3.68. The second-order valence-electron chi connectivity index (χ2n) is 4.88. The minimum atomic E-state index is -0.572. The summed E-state index contributed by atoms with van der Waals surface area (Å²) in [4.78, 5) is 33.6. The van der Waals surface area contributed by atoms with E-state index in [4.69, 9.17) is 10.5 Å². The lowest BCUT2D eigenvalue weighted by atomic mass is 10.0. The fourth-order valence-electron chi connectivity index (χ4n) is 2.53. The zero-order chi connectivity index (χ0) is 15.1. The molecule has 1 aliphatic heterocycles. The summed E-state index contributed by atoms with van der Waals surface area (Å²) in [7, 11) is 2.98. The third-order valence-electron chi connectivity index (χ3n) is 3.68. The summed E-state index contributed by atoms with van der Waals surface area (Å²) >= 11 is 0. The number of anilines is 1. The molecule has 0 aromatic carbocycles. The van der Waals surface area contributed by atoms with Gasteiger partial charge < -0.3 is 10.5 Å².